The van der Waals surface area contributed by atoms with Crippen molar-refractivity contribution in [2.24, 2.45) is 0 Å². The quantitative estimate of drug-likeness (QED) is 0.801. The van der Waals surface area contributed by atoms with Gasteiger partial charge in [-0.15, -0.1) is 0 Å². The first kappa shape index (κ1) is 13.7. The summed E-state index contributed by atoms with van der Waals surface area (Å²) in [5.74, 6) is 0.761. The maximum Gasteiger partial charge on any atom is 0.129 e. The summed E-state index contributed by atoms with van der Waals surface area (Å²) >= 11 is 0. The molecule has 5 nitrogen and oxygen atoms in total. The number of furan rings is 1. The SMILES string of the molecule is Cc1ccc(C)n1NCC(O)COCc1ccco1. The van der Waals surface area contributed by atoms with Gasteiger partial charge in [-0.1, -0.05) is 0 Å². The van der Waals surface area contributed by atoms with Crippen LogP contribution in [0, 0.1) is 13.8 Å². The average Bonchev–Trinajstić information content (AvgIpc) is 2.99. The van der Waals surface area contributed by atoms with Crippen molar-refractivity contribution in [1.29, 1.82) is 0 Å². The first-order valence-corrected chi connectivity index (χ1v) is 6.34. The predicted octanol–water partition coefficient (Wildman–Crippen LogP) is 1.82. The third-order valence-corrected chi connectivity index (χ3v) is 2.89. The Hall–Kier alpha value is -1.72. The zero-order chi connectivity index (χ0) is 13.7. The van der Waals surface area contributed by atoms with Crippen LogP contribution in [0.1, 0.15) is 17.1 Å². The van der Waals surface area contributed by atoms with Crippen LogP contribution in [0.4, 0.5) is 0 Å². The fourth-order valence-electron chi connectivity index (χ4n) is 1.86. The molecule has 1 unspecified atom stereocenters. The molecule has 0 bridgehead atoms. The number of hydrogen-bond donors (Lipinski definition) is 2. The van der Waals surface area contributed by atoms with Crippen LogP contribution in [-0.2, 0) is 11.3 Å². The lowest BCUT2D eigenvalue weighted by Gasteiger charge is -2.16. The fraction of sp³-hybridized carbons (Fsp3) is 0.429. The lowest BCUT2D eigenvalue weighted by atomic mass is 10.4. The van der Waals surface area contributed by atoms with Gasteiger partial charge in [0.25, 0.3) is 0 Å². The molecular weight excluding hydrogens is 244 g/mol. The molecule has 5 heteroatoms. The number of nitrogens with zero attached hydrogens (tertiary/aromatic N) is 1. The van der Waals surface area contributed by atoms with Gasteiger partial charge in [-0.05, 0) is 38.1 Å². The van der Waals surface area contributed by atoms with Crippen LogP contribution in [0.3, 0.4) is 0 Å². The van der Waals surface area contributed by atoms with Crippen LogP contribution in [0.25, 0.3) is 0 Å². The van der Waals surface area contributed by atoms with Crippen LogP contribution in [-0.4, -0.2) is 29.0 Å². The summed E-state index contributed by atoms with van der Waals surface area (Å²) in [4.78, 5) is 0. The molecule has 1 atom stereocenters. The molecule has 2 aromatic heterocycles. The molecule has 104 valence electrons. The lowest BCUT2D eigenvalue weighted by Crippen LogP contribution is -2.30. The van der Waals surface area contributed by atoms with Crippen molar-refractivity contribution < 1.29 is 14.3 Å². The molecule has 0 aliphatic heterocycles. The van der Waals surface area contributed by atoms with Crippen LogP contribution in [0.5, 0.6) is 0 Å². The van der Waals surface area contributed by atoms with E-state index in [1.807, 2.05) is 42.8 Å². The van der Waals surface area contributed by atoms with Gasteiger partial charge in [0, 0.05) is 11.4 Å². The minimum atomic E-state index is -0.559. The third kappa shape index (κ3) is 3.87. The third-order valence-electron chi connectivity index (χ3n) is 2.89. The van der Waals surface area contributed by atoms with Crippen molar-refractivity contribution in [3.05, 3.63) is 47.7 Å². The van der Waals surface area contributed by atoms with Gasteiger partial charge >= 0.3 is 0 Å². The van der Waals surface area contributed by atoms with Crippen LogP contribution in [0.2, 0.25) is 0 Å². The molecule has 0 aromatic carbocycles. The molecule has 0 saturated heterocycles. The van der Waals surface area contributed by atoms with Gasteiger partial charge in [-0.25, -0.2) is 0 Å². The normalized spacial score (nSPS) is 12.6. The molecule has 0 spiro atoms. The van der Waals surface area contributed by atoms with Crippen molar-refractivity contribution in [2.75, 3.05) is 18.6 Å². The summed E-state index contributed by atoms with van der Waals surface area (Å²) < 4.78 is 12.5. The number of aliphatic hydroxyl groups is 1. The highest BCUT2D eigenvalue weighted by Gasteiger charge is 2.07. The second kappa shape index (κ2) is 6.45. The van der Waals surface area contributed by atoms with E-state index in [4.69, 9.17) is 9.15 Å². The van der Waals surface area contributed by atoms with Gasteiger partial charge in [0.05, 0.1) is 25.5 Å². The average molecular weight is 264 g/mol. The summed E-state index contributed by atoms with van der Waals surface area (Å²) in [5.41, 5.74) is 5.39. The topological polar surface area (TPSA) is 59.6 Å². The molecule has 0 saturated carbocycles. The van der Waals surface area contributed by atoms with Crippen molar-refractivity contribution in [2.45, 2.75) is 26.6 Å². The molecule has 0 aliphatic carbocycles. The first-order chi connectivity index (χ1) is 9.16. The number of rotatable bonds is 7. The molecule has 19 heavy (non-hydrogen) atoms. The molecular formula is C14H20N2O3. The Morgan fingerprint density at radius 2 is 2.05 bits per heavy atom. The Kier molecular flexibility index (Phi) is 4.65. The van der Waals surface area contributed by atoms with E-state index < -0.39 is 6.10 Å². The zero-order valence-corrected chi connectivity index (χ0v) is 11.3. The van der Waals surface area contributed by atoms with Crippen molar-refractivity contribution in [1.82, 2.24) is 4.68 Å². The fourth-order valence-corrected chi connectivity index (χ4v) is 1.86. The Balaban J connectivity index is 1.68. The lowest BCUT2D eigenvalue weighted by molar-refractivity contribution is 0.0271. The van der Waals surface area contributed by atoms with Gasteiger partial charge in [0.2, 0.25) is 0 Å². The van der Waals surface area contributed by atoms with Gasteiger partial charge in [0.15, 0.2) is 0 Å². The standard InChI is InChI=1S/C14H20N2O3/c1-11-5-6-12(2)16(11)15-8-13(17)9-18-10-14-4-3-7-19-14/h3-7,13,15,17H,8-10H2,1-2H3. The van der Waals surface area contributed by atoms with E-state index in [0.717, 1.165) is 17.1 Å². The number of aromatic nitrogens is 1. The molecule has 2 N–H and O–H groups in total. The summed E-state index contributed by atoms with van der Waals surface area (Å²) in [5, 5.41) is 9.83. The molecule has 0 aliphatic rings. The highest BCUT2D eigenvalue weighted by molar-refractivity contribution is 5.15. The van der Waals surface area contributed by atoms with E-state index in [1.165, 1.54) is 0 Å². The highest BCUT2D eigenvalue weighted by atomic mass is 16.5. The van der Waals surface area contributed by atoms with E-state index in [9.17, 15) is 5.11 Å². The van der Waals surface area contributed by atoms with E-state index >= 15 is 0 Å². The molecule has 0 amide bonds. The number of aliphatic hydroxyl groups excluding tert-OH is 1. The molecule has 0 radical (unpaired) electrons. The zero-order valence-electron chi connectivity index (χ0n) is 11.3. The minimum Gasteiger partial charge on any atom is -0.467 e. The second-order valence-corrected chi connectivity index (χ2v) is 4.56. The largest absolute Gasteiger partial charge is 0.467 e. The highest BCUT2D eigenvalue weighted by Crippen LogP contribution is 2.05. The maximum absolute atomic E-state index is 9.83. The summed E-state index contributed by atoms with van der Waals surface area (Å²) in [7, 11) is 0. The molecule has 2 rings (SSSR count). The van der Waals surface area contributed by atoms with Gasteiger partial charge < -0.3 is 19.7 Å². The summed E-state index contributed by atoms with van der Waals surface area (Å²) in [6.45, 7) is 5.12. The molecule has 2 aromatic rings. The van der Waals surface area contributed by atoms with Crippen LogP contribution >= 0.6 is 0 Å². The molecule has 0 fully saturated rings. The van der Waals surface area contributed by atoms with Gasteiger partial charge in [-0.2, -0.15) is 0 Å². The van der Waals surface area contributed by atoms with E-state index in [2.05, 4.69) is 5.43 Å². The number of aryl methyl sites for hydroxylation is 2. The number of nitrogens with one attached hydrogen (secondary N) is 1. The maximum atomic E-state index is 9.83. The predicted molar refractivity (Wildman–Crippen MR) is 72.5 cm³/mol. The summed E-state index contributed by atoms with van der Waals surface area (Å²) in [6, 6.07) is 7.72. The van der Waals surface area contributed by atoms with Crippen molar-refractivity contribution in [3.8, 4) is 0 Å². The second-order valence-electron chi connectivity index (χ2n) is 4.56. The van der Waals surface area contributed by atoms with Crippen LogP contribution < -0.4 is 5.43 Å². The van der Waals surface area contributed by atoms with Gasteiger partial charge in [-0.3, -0.25) is 4.68 Å². The Labute approximate surface area is 112 Å². The van der Waals surface area contributed by atoms with Crippen LogP contribution in [0.15, 0.2) is 34.9 Å². The Morgan fingerprint density at radius 3 is 2.68 bits per heavy atom. The van der Waals surface area contributed by atoms with Crippen molar-refractivity contribution in [3.63, 3.8) is 0 Å². The minimum absolute atomic E-state index is 0.271. The number of ether oxygens (including phenoxy) is 1. The smallest absolute Gasteiger partial charge is 0.129 e. The Bertz CT molecular complexity index is 471. The van der Waals surface area contributed by atoms with Crippen molar-refractivity contribution >= 4 is 0 Å². The number of hydrogen-bond acceptors (Lipinski definition) is 4. The first-order valence-electron chi connectivity index (χ1n) is 6.34. The van der Waals surface area contributed by atoms with Gasteiger partial charge in [0.1, 0.15) is 12.4 Å². The molecule has 2 heterocycles. The van der Waals surface area contributed by atoms with E-state index in [1.54, 1.807) is 6.26 Å². The summed E-state index contributed by atoms with van der Waals surface area (Å²) in [6.07, 6.45) is 1.05. The van der Waals surface area contributed by atoms with E-state index in [0.29, 0.717) is 13.2 Å². The Morgan fingerprint density at radius 1 is 1.32 bits per heavy atom. The monoisotopic (exact) mass is 264 g/mol. The van der Waals surface area contributed by atoms with E-state index in [-0.39, 0.29) is 6.61 Å².